The predicted octanol–water partition coefficient (Wildman–Crippen LogP) is 0.323. The van der Waals surface area contributed by atoms with Crippen LogP contribution in [0.15, 0.2) is 0 Å². The molecule has 1 saturated heterocycles. The van der Waals surface area contributed by atoms with E-state index in [1.54, 1.807) is 4.90 Å². The Bertz CT molecular complexity index is 202. The summed E-state index contributed by atoms with van der Waals surface area (Å²) in [5.41, 5.74) is 5.38. The number of carbonyl (C=O) groups is 1. The van der Waals surface area contributed by atoms with Gasteiger partial charge in [-0.1, -0.05) is 6.92 Å². The van der Waals surface area contributed by atoms with Gasteiger partial charge in [0.2, 0.25) is 5.91 Å². The molecule has 12 heavy (non-hydrogen) atoms. The molecule has 68 valence electrons. The largest absolute Gasteiger partial charge is 0.386 e. The molecule has 1 aliphatic rings. The molecule has 1 fully saturated rings. The van der Waals surface area contributed by atoms with Gasteiger partial charge in [-0.3, -0.25) is 10.2 Å². The molecule has 0 bridgehead atoms. The topological polar surface area (TPSA) is 70.2 Å². The van der Waals surface area contributed by atoms with Crippen LogP contribution in [0.3, 0.4) is 0 Å². The van der Waals surface area contributed by atoms with Gasteiger partial charge in [-0.2, -0.15) is 0 Å². The summed E-state index contributed by atoms with van der Waals surface area (Å²) in [4.78, 5) is 13.0. The SMILES string of the molecule is CC[C@@H](C(=N)N)N1CCCC1=O. The van der Waals surface area contributed by atoms with Crippen LogP contribution in [-0.2, 0) is 4.79 Å². The number of amides is 1. The van der Waals surface area contributed by atoms with Crippen molar-refractivity contribution in [1.29, 1.82) is 5.41 Å². The lowest BCUT2D eigenvalue weighted by Gasteiger charge is -2.25. The number of carbonyl (C=O) groups excluding carboxylic acids is 1. The van der Waals surface area contributed by atoms with E-state index in [2.05, 4.69) is 0 Å². The number of nitrogens with one attached hydrogen (secondary N) is 1. The summed E-state index contributed by atoms with van der Waals surface area (Å²) in [6.07, 6.45) is 2.26. The lowest BCUT2D eigenvalue weighted by Crippen LogP contribution is -2.44. The molecule has 1 rings (SSSR count). The second-order valence-corrected chi connectivity index (χ2v) is 3.07. The molecule has 0 spiro atoms. The highest BCUT2D eigenvalue weighted by Crippen LogP contribution is 2.15. The summed E-state index contributed by atoms with van der Waals surface area (Å²) in [6, 6.07) is -0.167. The van der Waals surface area contributed by atoms with E-state index in [0.717, 1.165) is 19.4 Å². The first-order valence-corrected chi connectivity index (χ1v) is 4.30. The molecule has 3 N–H and O–H groups in total. The fourth-order valence-electron chi connectivity index (χ4n) is 1.61. The molecule has 1 aliphatic heterocycles. The zero-order chi connectivity index (χ0) is 9.14. The Morgan fingerprint density at radius 3 is 2.83 bits per heavy atom. The molecular formula is C8H15N3O. The third-order valence-corrected chi connectivity index (χ3v) is 2.23. The van der Waals surface area contributed by atoms with Crippen LogP contribution in [0.4, 0.5) is 0 Å². The van der Waals surface area contributed by atoms with E-state index in [-0.39, 0.29) is 17.8 Å². The first kappa shape index (κ1) is 9.03. The van der Waals surface area contributed by atoms with Crippen LogP contribution in [0.1, 0.15) is 26.2 Å². The van der Waals surface area contributed by atoms with E-state index in [4.69, 9.17) is 11.1 Å². The highest BCUT2D eigenvalue weighted by molar-refractivity contribution is 5.89. The highest BCUT2D eigenvalue weighted by Gasteiger charge is 2.28. The van der Waals surface area contributed by atoms with Gasteiger partial charge < -0.3 is 10.6 Å². The molecule has 1 heterocycles. The maximum absolute atomic E-state index is 11.3. The van der Waals surface area contributed by atoms with E-state index < -0.39 is 0 Å². The smallest absolute Gasteiger partial charge is 0.223 e. The molecule has 0 aromatic carbocycles. The number of rotatable bonds is 3. The van der Waals surface area contributed by atoms with Gasteiger partial charge in [-0.25, -0.2) is 0 Å². The summed E-state index contributed by atoms with van der Waals surface area (Å²) in [7, 11) is 0. The number of hydrogen-bond donors (Lipinski definition) is 2. The van der Waals surface area contributed by atoms with Crippen LogP contribution in [-0.4, -0.2) is 29.2 Å². The standard InChI is InChI=1S/C8H15N3O/c1-2-6(8(9)10)11-5-3-4-7(11)12/h6H,2-5H2,1H3,(H3,9,10)/t6-/m0/s1. The van der Waals surface area contributed by atoms with Crippen molar-refractivity contribution < 1.29 is 4.79 Å². The van der Waals surface area contributed by atoms with Gasteiger partial charge in [0.25, 0.3) is 0 Å². The monoisotopic (exact) mass is 169 g/mol. The Hall–Kier alpha value is -1.06. The minimum atomic E-state index is -0.167. The quantitative estimate of drug-likeness (QED) is 0.472. The van der Waals surface area contributed by atoms with E-state index >= 15 is 0 Å². The Balaban J connectivity index is 2.65. The minimum absolute atomic E-state index is 0.104. The Morgan fingerprint density at radius 2 is 2.50 bits per heavy atom. The van der Waals surface area contributed by atoms with E-state index in [0.29, 0.717) is 6.42 Å². The summed E-state index contributed by atoms with van der Waals surface area (Å²) in [6.45, 7) is 2.70. The zero-order valence-corrected chi connectivity index (χ0v) is 7.34. The average molecular weight is 169 g/mol. The van der Waals surface area contributed by atoms with Crippen molar-refractivity contribution in [2.75, 3.05) is 6.54 Å². The van der Waals surface area contributed by atoms with Gasteiger partial charge in [-0.05, 0) is 12.8 Å². The lowest BCUT2D eigenvalue weighted by atomic mass is 10.2. The van der Waals surface area contributed by atoms with Crippen molar-refractivity contribution in [3.63, 3.8) is 0 Å². The van der Waals surface area contributed by atoms with Crippen LogP contribution < -0.4 is 5.73 Å². The van der Waals surface area contributed by atoms with Crippen molar-refractivity contribution in [2.45, 2.75) is 32.2 Å². The van der Waals surface area contributed by atoms with E-state index in [1.165, 1.54) is 0 Å². The third-order valence-electron chi connectivity index (χ3n) is 2.23. The highest BCUT2D eigenvalue weighted by atomic mass is 16.2. The molecule has 4 nitrogen and oxygen atoms in total. The number of amidine groups is 1. The van der Waals surface area contributed by atoms with Gasteiger partial charge in [0.05, 0.1) is 6.04 Å². The number of nitrogens with two attached hydrogens (primary N) is 1. The number of hydrogen-bond acceptors (Lipinski definition) is 2. The summed E-state index contributed by atoms with van der Waals surface area (Å²) < 4.78 is 0. The van der Waals surface area contributed by atoms with Crippen molar-refractivity contribution in [3.05, 3.63) is 0 Å². The summed E-state index contributed by atoms with van der Waals surface area (Å²) in [5.74, 6) is 0.241. The molecule has 0 radical (unpaired) electrons. The average Bonchev–Trinajstić information content (AvgIpc) is 2.38. The first-order chi connectivity index (χ1) is 5.66. The van der Waals surface area contributed by atoms with Crippen molar-refractivity contribution in [3.8, 4) is 0 Å². The second kappa shape index (κ2) is 3.56. The molecule has 1 amide bonds. The Morgan fingerprint density at radius 1 is 1.83 bits per heavy atom. The van der Waals surface area contributed by atoms with Crippen molar-refractivity contribution in [2.24, 2.45) is 5.73 Å². The third kappa shape index (κ3) is 1.57. The molecule has 0 aromatic rings. The number of nitrogens with zero attached hydrogens (tertiary/aromatic N) is 1. The first-order valence-electron chi connectivity index (χ1n) is 4.30. The molecule has 0 unspecified atom stereocenters. The van der Waals surface area contributed by atoms with Crippen LogP contribution in [0.2, 0.25) is 0 Å². The van der Waals surface area contributed by atoms with Crippen LogP contribution >= 0.6 is 0 Å². The molecule has 1 atom stereocenters. The van der Waals surface area contributed by atoms with E-state index in [1.807, 2.05) is 6.92 Å². The van der Waals surface area contributed by atoms with Gasteiger partial charge in [0, 0.05) is 13.0 Å². The fraction of sp³-hybridized carbons (Fsp3) is 0.750. The molecular weight excluding hydrogens is 154 g/mol. The Labute approximate surface area is 72.2 Å². The van der Waals surface area contributed by atoms with Crippen molar-refractivity contribution in [1.82, 2.24) is 4.90 Å². The summed E-state index contributed by atoms with van der Waals surface area (Å²) >= 11 is 0. The van der Waals surface area contributed by atoms with Gasteiger partial charge in [0.15, 0.2) is 0 Å². The molecule has 0 saturated carbocycles. The zero-order valence-electron chi connectivity index (χ0n) is 7.34. The van der Waals surface area contributed by atoms with E-state index in [9.17, 15) is 4.79 Å². The maximum Gasteiger partial charge on any atom is 0.223 e. The molecule has 4 heteroatoms. The van der Waals surface area contributed by atoms with Crippen molar-refractivity contribution >= 4 is 11.7 Å². The predicted molar refractivity (Wildman–Crippen MR) is 46.9 cm³/mol. The minimum Gasteiger partial charge on any atom is -0.386 e. The lowest BCUT2D eigenvalue weighted by molar-refractivity contribution is -0.128. The van der Waals surface area contributed by atoms with Crippen LogP contribution in [0.5, 0.6) is 0 Å². The Kier molecular flexibility index (Phi) is 2.68. The van der Waals surface area contributed by atoms with Gasteiger partial charge >= 0.3 is 0 Å². The van der Waals surface area contributed by atoms with Gasteiger partial charge in [0.1, 0.15) is 5.84 Å². The maximum atomic E-state index is 11.3. The van der Waals surface area contributed by atoms with Gasteiger partial charge in [-0.15, -0.1) is 0 Å². The number of likely N-dealkylation sites (tertiary alicyclic amines) is 1. The normalized spacial score (nSPS) is 19.8. The molecule has 0 aliphatic carbocycles. The summed E-state index contributed by atoms with van der Waals surface area (Å²) in [5, 5.41) is 7.29. The molecule has 0 aromatic heterocycles. The fourth-order valence-corrected chi connectivity index (χ4v) is 1.61. The van der Waals surface area contributed by atoms with Crippen LogP contribution in [0, 0.1) is 5.41 Å². The van der Waals surface area contributed by atoms with Crippen LogP contribution in [0.25, 0.3) is 0 Å². The second-order valence-electron chi connectivity index (χ2n) is 3.07.